The molecule has 118 valence electrons. The molecule has 1 N–H and O–H groups in total. The maximum absolute atomic E-state index is 12.2. The third kappa shape index (κ3) is 5.14. The van der Waals surface area contributed by atoms with Gasteiger partial charge in [-0.05, 0) is 30.0 Å². The van der Waals surface area contributed by atoms with E-state index < -0.39 is 5.60 Å². The summed E-state index contributed by atoms with van der Waals surface area (Å²) in [6, 6.07) is 7.71. The molecule has 21 heavy (non-hydrogen) atoms. The number of ether oxygens (including phenoxy) is 2. The summed E-state index contributed by atoms with van der Waals surface area (Å²) < 4.78 is 10.5. The van der Waals surface area contributed by atoms with Crippen LogP contribution < -0.4 is 5.32 Å². The predicted molar refractivity (Wildman–Crippen MR) is 84.8 cm³/mol. The first-order valence-corrected chi connectivity index (χ1v) is 7.15. The van der Waals surface area contributed by atoms with Gasteiger partial charge in [-0.3, -0.25) is 4.79 Å². The van der Waals surface area contributed by atoms with Gasteiger partial charge in [0.2, 0.25) is 0 Å². The minimum atomic E-state index is -0.518. The van der Waals surface area contributed by atoms with Gasteiger partial charge >= 0.3 is 0 Å². The second kappa shape index (κ2) is 7.05. The minimum Gasteiger partial charge on any atom is -0.382 e. The van der Waals surface area contributed by atoms with Gasteiger partial charge in [0.05, 0.1) is 6.61 Å². The van der Waals surface area contributed by atoms with Gasteiger partial charge in [0, 0.05) is 26.3 Å². The smallest absolute Gasteiger partial charge is 0.251 e. The Bertz CT molecular complexity index is 462. The average molecular weight is 293 g/mol. The SMILES string of the molecule is COCC(C)(CNC(=O)c1ccc(C(C)(C)C)cc1)OC. The normalized spacial score (nSPS) is 14.6. The summed E-state index contributed by atoms with van der Waals surface area (Å²) in [6.45, 7) is 9.17. The highest BCUT2D eigenvalue weighted by Crippen LogP contribution is 2.22. The Balaban J connectivity index is 2.68. The Kier molecular flexibility index (Phi) is 5.93. The van der Waals surface area contributed by atoms with Gasteiger partial charge in [0.25, 0.3) is 5.91 Å². The first-order valence-electron chi connectivity index (χ1n) is 7.15. The van der Waals surface area contributed by atoms with E-state index in [1.54, 1.807) is 14.2 Å². The molecule has 0 bridgehead atoms. The largest absolute Gasteiger partial charge is 0.382 e. The molecule has 0 spiro atoms. The van der Waals surface area contributed by atoms with E-state index in [0.29, 0.717) is 18.7 Å². The summed E-state index contributed by atoms with van der Waals surface area (Å²) in [5, 5.41) is 2.89. The van der Waals surface area contributed by atoms with Crippen molar-refractivity contribution in [3.8, 4) is 0 Å². The van der Waals surface area contributed by atoms with Crippen molar-refractivity contribution in [2.24, 2.45) is 0 Å². The Morgan fingerprint density at radius 1 is 1.10 bits per heavy atom. The van der Waals surface area contributed by atoms with E-state index in [0.717, 1.165) is 0 Å². The molecule has 0 saturated heterocycles. The summed E-state index contributed by atoms with van der Waals surface area (Å²) in [5.74, 6) is -0.102. The topological polar surface area (TPSA) is 47.6 Å². The molecule has 1 unspecified atom stereocenters. The highest BCUT2D eigenvalue weighted by atomic mass is 16.5. The van der Waals surface area contributed by atoms with E-state index in [2.05, 4.69) is 26.1 Å². The van der Waals surface area contributed by atoms with E-state index in [9.17, 15) is 4.79 Å². The van der Waals surface area contributed by atoms with Gasteiger partial charge in [-0.1, -0.05) is 32.9 Å². The number of amides is 1. The van der Waals surface area contributed by atoms with Gasteiger partial charge < -0.3 is 14.8 Å². The van der Waals surface area contributed by atoms with E-state index in [4.69, 9.17) is 9.47 Å². The van der Waals surface area contributed by atoms with Crippen molar-refractivity contribution in [2.45, 2.75) is 38.7 Å². The van der Waals surface area contributed by atoms with Crippen LogP contribution in [0.1, 0.15) is 43.6 Å². The van der Waals surface area contributed by atoms with E-state index in [1.165, 1.54) is 5.56 Å². The number of rotatable bonds is 6. The summed E-state index contributed by atoms with van der Waals surface area (Å²) in [5.41, 5.74) is 1.43. The van der Waals surface area contributed by atoms with Crippen molar-refractivity contribution in [1.29, 1.82) is 0 Å². The Morgan fingerprint density at radius 2 is 1.67 bits per heavy atom. The van der Waals surface area contributed by atoms with Gasteiger partial charge in [0.1, 0.15) is 5.60 Å². The fourth-order valence-electron chi connectivity index (χ4n) is 1.98. The Morgan fingerprint density at radius 3 is 2.10 bits per heavy atom. The second-order valence-electron chi connectivity index (χ2n) is 6.60. The molecule has 0 aliphatic heterocycles. The number of benzene rings is 1. The molecular weight excluding hydrogens is 266 g/mol. The quantitative estimate of drug-likeness (QED) is 0.877. The van der Waals surface area contributed by atoms with Crippen molar-refractivity contribution in [2.75, 3.05) is 27.4 Å². The van der Waals surface area contributed by atoms with Crippen LogP contribution in [-0.4, -0.2) is 38.9 Å². The fourth-order valence-corrected chi connectivity index (χ4v) is 1.98. The number of carbonyl (C=O) groups excluding carboxylic acids is 1. The molecule has 1 aromatic rings. The molecule has 1 atom stereocenters. The summed E-state index contributed by atoms with van der Waals surface area (Å²) >= 11 is 0. The summed E-state index contributed by atoms with van der Waals surface area (Å²) in [7, 11) is 3.23. The van der Waals surface area contributed by atoms with Gasteiger partial charge in [-0.25, -0.2) is 0 Å². The third-order valence-electron chi connectivity index (χ3n) is 3.58. The summed E-state index contributed by atoms with van der Waals surface area (Å²) in [4.78, 5) is 12.2. The summed E-state index contributed by atoms with van der Waals surface area (Å²) in [6.07, 6.45) is 0. The van der Waals surface area contributed by atoms with Crippen molar-refractivity contribution in [1.82, 2.24) is 5.32 Å². The number of carbonyl (C=O) groups is 1. The van der Waals surface area contributed by atoms with Crippen LogP contribution >= 0.6 is 0 Å². The van der Waals surface area contributed by atoms with Crippen molar-refractivity contribution < 1.29 is 14.3 Å². The Labute approximate surface area is 127 Å². The monoisotopic (exact) mass is 293 g/mol. The van der Waals surface area contributed by atoms with Crippen molar-refractivity contribution in [3.05, 3.63) is 35.4 Å². The number of hydrogen-bond donors (Lipinski definition) is 1. The number of methoxy groups -OCH3 is 2. The lowest BCUT2D eigenvalue weighted by atomic mass is 9.86. The lowest BCUT2D eigenvalue weighted by Crippen LogP contribution is -2.45. The van der Waals surface area contributed by atoms with Crippen LogP contribution in [0.2, 0.25) is 0 Å². The molecule has 0 heterocycles. The fraction of sp³-hybridized carbons (Fsp3) is 0.588. The lowest BCUT2D eigenvalue weighted by molar-refractivity contribution is -0.0479. The standard InChI is InChI=1S/C17H27NO3/c1-16(2,3)14-9-7-13(8-10-14)15(19)18-11-17(4,21-6)12-20-5/h7-10H,11-12H2,1-6H3,(H,18,19). The molecule has 0 aliphatic rings. The van der Waals surface area contributed by atoms with Crippen LogP contribution in [0.3, 0.4) is 0 Å². The zero-order chi connectivity index (χ0) is 16.1. The van der Waals surface area contributed by atoms with Crippen LogP contribution in [-0.2, 0) is 14.9 Å². The van der Waals surface area contributed by atoms with Crippen molar-refractivity contribution >= 4 is 5.91 Å². The zero-order valence-corrected chi connectivity index (χ0v) is 13.9. The molecule has 0 saturated carbocycles. The van der Waals surface area contributed by atoms with E-state index in [1.807, 2.05) is 31.2 Å². The molecule has 0 radical (unpaired) electrons. The van der Waals surface area contributed by atoms with E-state index in [-0.39, 0.29) is 11.3 Å². The van der Waals surface area contributed by atoms with Crippen LogP contribution in [0.4, 0.5) is 0 Å². The van der Waals surface area contributed by atoms with Gasteiger partial charge in [-0.15, -0.1) is 0 Å². The predicted octanol–water partition coefficient (Wildman–Crippen LogP) is 2.77. The van der Waals surface area contributed by atoms with Crippen LogP contribution in [0.15, 0.2) is 24.3 Å². The first-order chi connectivity index (χ1) is 9.72. The minimum absolute atomic E-state index is 0.0854. The van der Waals surface area contributed by atoms with Crippen LogP contribution in [0, 0.1) is 0 Å². The van der Waals surface area contributed by atoms with Crippen molar-refractivity contribution in [3.63, 3.8) is 0 Å². The molecule has 1 aromatic carbocycles. The molecule has 4 heteroatoms. The molecular formula is C17H27NO3. The molecule has 1 rings (SSSR count). The molecule has 0 fully saturated rings. The van der Waals surface area contributed by atoms with E-state index >= 15 is 0 Å². The Hall–Kier alpha value is -1.39. The van der Waals surface area contributed by atoms with Gasteiger partial charge in [0.15, 0.2) is 0 Å². The number of nitrogens with one attached hydrogen (secondary N) is 1. The maximum atomic E-state index is 12.2. The maximum Gasteiger partial charge on any atom is 0.251 e. The van der Waals surface area contributed by atoms with Crippen LogP contribution in [0.5, 0.6) is 0 Å². The molecule has 0 aliphatic carbocycles. The first kappa shape index (κ1) is 17.7. The zero-order valence-electron chi connectivity index (χ0n) is 13.9. The average Bonchev–Trinajstić information content (AvgIpc) is 2.44. The second-order valence-corrected chi connectivity index (χ2v) is 6.60. The molecule has 1 amide bonds. The van der Waals surface area contributed by atoms with Gasteiger partial charge in [-0.2, -0.15) is 0 Å². The molecule has 0 aromatic heterocycles. The highest BCUT2D eigenvalue weighted by molar-refractivity contribution is 5.94. The third-order valence-corrected chi connectivity index (χ3v) is 3.58. The molecule has 4 nitrogen and oxygen atoms in total. The highest BCUT2D eigenvalue weighted by Gasteiger charge is 2.24. The number of hydrogen-bond acceptors (Lipinski definition) is 3. The lowest BCUT2D eigenvalue weighted by Gasteiger charge is -2.27. The van der Waals surface area contributed by atoms with Crippen LogP contribution in [0.25, 0.3) is 0 Å².